The van der Waals surface area contributed by atoms with Crippen molar-refractivity contribution in [3.05, 3.63) is 87.2 Å². The van der Waals surface area contributed by atoms with Gasteiger partial charge in [0.2, 0.25) is 0 Å². The van der Waals surface area contributed by atoms with Crippen LogP contribution in [0.2, 0.25) is 0 Å². The first-order valence-electron chi connectivity index (χ1n) is 10.1. The molecule has 1 amide bonds. The molecule has 0 saturated heterocycles. The first kappa shape index (κ1) is 22.6. The minimum Gasteiger partial charge on any atom is -0.321 e. The van der Waals surface area contributed by atoms with Gasteiger partial charge in [0.15, 0.2) is 0 Å². The summed E-state index contributed by atoms with van der Waals surface area (Å²) in [7, 11) is 0. The maximum Gasteiger partial charge on any atom is 0.266 e. The number of anilines is 1. The van der Waals surface area contributed by atoms with E-state index in [-0.39, 0.29) is 11.0 Å². The van der Waals surface area contributed by atoms with E-state index in [1.165, 1.54) is 5.56 Å². The molecule has 5 heteroatoms. The molecule has 0 aliphatic heterocycles. The standard InChI is InChI=1S/C26H26BrN3O/c1-17-14-19(15-20(16-28)25(31)29-23-10-8-22(27)9-11-23)18(2)30(17)24-12-6-21(7-13-24)26(3,4)5/h6-15H,1-5H3,(H,29,31)/b20-15-. The average Bonchev–Trinajstić information content (AvgIpc) is 3.00. The van der Waals surface area contributed by atoms with Crippen LogP contribution >= 0.6 is 15.9 Å². The van der Waals surface area contributed by atoms with Gasteiger partial charge in [-0.2, -0.15) is 5.26 Å². The molecular formula is C26H26BrN3O. The number of rotatable bonds is 4. The predicted molar refractivity (Wildman–Crippen MR) is 130 cm³/mol. The molecule has 0 aliphatic rings. The normalized spacial score (nSPS) is 11.8. The Kier molecular flexibility index (Phi) is 6.52. The third-order valence-electron chi connectivity index (χ3n) is 5.23. The van der Waals surface area contributed by atoms with Crippen LogP contribution in [-0.4, -0.2) is 10.5 Å². The molecule has 0 unspecified atom stereocenters. The molecule has 4 nitrogen and oxygen atoms in total. The molecular weight excluding hydrogens is 450 g/mol. The van der Waals surface area contributed by atoms with Crippen LogP contribution in [0.25, 0.3) is 11.8 Å². The molecule has 1 aromatic heterocycles. The maximum atomic E-state index is 12.6. The Hall–Kier alpha value is -3.10. The number of aryl methyl sites for hydroxylation is 1. The van der Waals surface area contributed by atoms with E-state index in [0.29, 0.717) is 5.69 Å². The van der Waals surface area contributed by atoms with E-state index in [4.69, 9.17) is 0 Å². The topological polar surface area (TPSA) is 57.8 Å². The lowest BCUT2D eigenvalue weighted by atomic mass is 9.87. The van der Waals surface area contributed by atoms with Crippen LogP contribution in [0, 0.1) is 25.2 Å². The molecule has 3 aromatic rings. The highest BCUT2D eigenvalue weighted by atomic mass is 79.9. The van der Waals surface area contributed by atoms with Gasteiger partial charge in [-0.3, -0.25) is 4.79 Å². The summed E-state index contributed by atoms with van der Waals surface area (Å²) >= 11 is 3.37. The van der Waals surface area contributed by atoms with Crippen LogP contribution in [0.5, 0.6) is 0 Å². The van der Waals surface area contributed by atoms with E-state index in [1.807, 2.05) is 38.1 Å². The van der Waals surface area contributed by atoms with Gasteiger partial charge in [-0.1, -0.05) is 48.8 Å². The van der Waals surface area contributed by atoms with Crippen LogP contribution < -0.4 is 5.32 Å². The fourth-order valence-corrected chi connectivity index (χ4v) is 3.74. The largest absolute Gasteiger partial charge is 0.321 e. The van der Waals surface area contributed by atoms with E-state index >= 15 is 0 Å². The number of benzene rings is 2. The molecule has 0 bridgehead atoms. The van der Waals surface area contributed by atoms with Crippen molar-refractivity contribution in [1.82, 2.24) is 4.57 Å². The Morgan fingerprint density at radius 2 is 1.68 bits per heavy atom. The summed E-state index contributed by atoms with van der Waals surface area (Å²) in [5.41, 5.74) is 5.99. The third-order valence-corrected chi connectivity index (χ3v) is 5.76. The summed E-state index contributed by atoms with van der Waals surface area (Å²) in [6.45, 7) is 10.6. The van der Waals surface area contributed by atoms with Crippen molar-refractivity contribution >= 4 is 33.6 Å². The molecule has 0 fully saturated rings. The maximum absolute atomic E-state index is 12.6. The van der Waals surface area contributed by atoms with Gasteiger partial charge in [0.1, 0.15) is 11.6 Å². The van der Waals surface area contributed by atoms with Crippen LogP contribution in [0.1, 0.15) is 43.3 Å². The van der Waals surface area contributed by atoms with Crippen molar-refractivity contribution in [2.24, 2.45) is 0 Å². The van der Waals surface area contributed by atoms with E-state index in [0.717, 1.165) is 27.1 Å². The zero-order valence-corrected chi connectivity index (χ0v) is 20.0. The minimum atomic E-state index is -0.427. The van der Waals surface area contributed by atoms with Crippen molar-refractivity contribution in [2.75, 3.05) is 5.32 Å². The predicted octanol–water partition coefficient (Wildman–Crippen LogP) is 6.70. The molecule has 0 aliphatic carbocycles. The Balaban J connectivity index is 1.91. The summed E-state index contributed by atoms with van der Waals surface area (Å²) in [5, 5.41) is 12.4. The number of hydrogen-bond acceptors (Lipinski definition) is 2. The van der Waals surface area contributed by atoms with Crippen LogP contribution in [0.3, 0.4) is 0 Å². The van der Waals surface area contributed by atoms with Gasteiger partial charge in [-0.25, -0.2) is 0 Å². The summed E-state index contributed by atoms with van der Waals surface area (Å²) < 4.78 is 3.06. The number of carbonyl (C=O) groups is 1. The number of nitriles is 1. The molecule has 31 heavy (non-hydrogen) atoms. The lowest BCUT2D eigenvalue weighted by Gasteiger charge is -2.20. The summed E-state index contributed by atoms with van der Waals surface area (Å²) in [6.07, 6.45) is 1.65. The second-order valence-electron chi connectivity index (χ2n) is 8.59. The highest BCUT2D eigenvalue weighted by molar-refractivity contribution is 9.10. The monoisotopic (exact) mass is 475 g/mol. The van der Waals surface area contributed by atoms with E-state index in [2.05, 4.69) is 70.9 Å². The number of nitrogens with zero attached hydrogens (tertiary/aromatic N) is 2. The highest BCUT2D eigenvalue weighted by Gasteiger charge is 2.16. The van der Waals surface area contributed by atoms with E-state index in [9.17, 15) is 10.1 Å². The number of hydrogen-bond donors (Lipinski definition) is 1. The van der Waals surface area contributed by atoms with Crippen LogP contribution in [0.15, 0.2) is 64.6 Å². The van der Waals surface area contributed by atoms with Crippen molar-refractivity contribution in [3.8, 4) is 11.8 Å². The Morgan fingerprint density at radius 1 is 1.06 bits per heavy atom. The lowest BCUT2D eigenvalue weighted by Crippen LogP contribution is -2.13. The number of carbonyl (C=O) groups excluding carboxylic acids is 1. The average molecular weight is 476 g/mol. The molecule has 1 N–H and O–H groups in total. The number of aromatic nitrogens is 1. The molecule has 0 radical (unpaired) electrons. The molecule has 3 rings (SSSR count). The van der Waals surface area contributed by atoms with Gasteiger partial charge in [0, 0.05) is 27.2 Å². The van der Waals surface area contributed by atoms with Gasteiger partial charge >= 0.3 is 0 Å². The van der Waals surface area contributed by atoms with Gasteiger partial charge in [0.05, 0.1) is 0 Å². The Bertz CT molecular complexity index is 1170. The van der Waals surface area contributed by atoms with Crippen molar-refractivity contribution < 1.29 is 4.79 Å². The van der Waals surface area contributed by atoms with Gasteiger partial charge in [0.25, 0.3) is 5.91 Å². The summed E-state index contributed by atoms with van der Waals surface area (Å²) in [4.78, 5) is 12.6. The first-order valence-corrected chi connectivity index (χ1v) is 10.9. The third kappa shape index (κ3) is 5.15. The summed E-state index contributed by atoms with van der Waals surface area (Å²) in [5.74, 6) is -0.427. The molecule has 0 atom stereocenters. The zero-order valence-electron chi connectivity index (χ0n) is 18.5. The van der Waals surface area contributed by atoms with Crippen LogP contribution in [0.4, 0.5) is 5.69 Å². The summed E-state index contributed by atoms with van der Waals surface area (Å²) in [6, 6.07) is 19.8. The Labute approximate surface area is 192 Å². The number of nitrogens with one attached hydrogen (secondary N) is 1. The van der Waals surface area contributed by atoms with E-state index in [1.54, 1.807) is 18.2 Å². The smallest absolute Gasteiger partial charge is 0.266 e. The lowest BCUT2D eigenvalue weighted by molar-refractivity contribution is -0.112. The van der Waals surface area contributed by atoms with Gasteiger partial charge in [-0.15, -0.1) is 0 Å². The first-order chi connectivity index (χ1) is 14.6. The number of halogens is 1. The van der Waals surface area contributed by atoms with Crippen molar-refractivity contribution in [1.29, 1.82) is 5.26 Å². The molecule has 0 saturated carbocycles. The highest BCUT2D eigenvalue weighted by Crippen LogP contribution is 2.27. The molecule has 0 spiro atoms. The molecule has 2 aromatic carbocycles. The van der Waals surface area contributed by atoms with Crippen LogP contribution in [-0.2, 0) is 10.2 Å². The molecule has 1 heterocycles. The fourth-order valence-electron chi connectivity index (χ4n) is 3.48. The fraction of sp³-hybridized carbons (Fsp3) is 0.231. The quantitative estimate of drug-likeness (QED) is 0.337. The SMILES string of the molecule is Cc1cc(/C=C(/C#N)C(=O)Nc2ccc(Br)cc2)c(C)n1-c1ccc(C(C)(C)C)cc1. The second kappa shape index (κ2) is 8.95. The van der Waals surface area contributed by atoms with Gasteiger partial charge in [-0.05, 0) is 78.9 Å². The molecule has 158 valence electrons. The number of amides is 1. The van der Waals surface area contributed by atoms with Crippen molar-refractivity contribution in [2.45, 2.75) is 40.0 Å². The van der Waals surface area contributed by atoms with Crippen molar-refractivity contribution in [3.63, 3.8) is 0 Å². The zero-order chi connectivity index (χ0) is 22.8. The van der Waals surface area contributed by atoms with E-state index < -0.39 is 5.91 Å². The Morgan fingerprint density at radius 3 is 2.23 bits per heavy atom. The van der Waals surface area contributed by atoms with Gasteiger partial charge < -0.3 is 9.88 Å². The second-order valence-corrected chi connectivity index (χ2v) is 9.51. The minimum absolute atomic E-state index is 0.0613.